The highest BCUT2D eigenvalue weighted by Gasteiger charge is 2.07. The largest absolute Gasteiger partial charge is 0.495 e. The molecule has 3 N–H and O–H groups in total. The lowest BCUT2D eigenvalue weighted by molar-refractivity contribution is -0.137. The summed E-state index contributed by atoms with van der Waals surface area (Å²) in [5.41, 5.74) is 0.579. The molecule has 1 rings (SSSR count). The van der Waals surface area contributed by atoms with Crippen LogP contribution in [0, 0.1) is 0 Å². The van der Waals surface area contributed by atoms with E-state index in [0.717, 1.165) is 17.3 Å². The molecule has 0 unspecified atom stereocenters. The van der Waals surface area contributed by atoms with Gasteiger partial charge in [-0.05, 0) is 31.0 Å². The Morgan fingerprint density at radius 2 is 2.05 bits per heavy atom. The van der Waals surface area contributed by atoms with E-state index >= 15 is 0 Å². The highest BCUT2D eigenvalue weighted by molar-refractivity contribution is 9.10. The maximum absolute atomic E-state index is 11.7. The number of carbonyl (C=O) groups excluding carboxylic acids is 1. The summed E-state index contributed by atoms with van der Waals surface area (Å²) in [5, 5.41) is 13.9. The summed E-state index contributed by atoms with van der Waals surface area (Å²) in [6.45, 7) is 0.502. The van der Waals surface area contributed by atoms with E-state index in [1.165, 1.54) is 7.11 Å². The molecule has 2 amide bonds. The number of hydrogen-bond donors (Lipinski definition) is 3. The van der Waals surface area contributed by atoms with Crippen molar-refractivity contribution in [2.75, 3.05) is 19.0 Å². The Kier molecular flexibility index (Phi) is 7.60. The summed E-state index contributed by atoms with van der Waals surface area (Å²) in [7, 11) is 1.54. The number of ether oxygens (including phenoxy) is 1. The fourth-order valence-corrected chi connectivity index (χ4v) is 2.09. The van der Waals surface area contributed by atoms with Crippen molar-refractivity contribution in [3.05, 3.63) is 22.7 Å². The highest BCUT2D eigenvalue weighted by atomic mass is 79.9. The van der Waals surface area contributed by atoms with Gasteiger partial charge in [0, 0.05) is 17.4 Å². The average molecular weight is 359 g/mol. The number of anilines is 1. The molecule has 0 spiro atoms. The van der Waals surface area contributed by atoms with E-state index in [-0.39, 0.29) is 12.5 Å². The van der Waals surface area contributed by atoms with Crippen LogP contribution in [-0.4, -0.2) is 30.8 Å². The van der Waals surface area contributed by atoms with E-state index in [4.69, 9.17) is 9.84 Å². The summed E-state index contributed by atoms with van der Waals surface area (Å²) >= 11 is 3.33. The maximum Gasteiger partial charge on any atom is 0.319 e. The summed E-state index contributed by atoms with van der Waals surface area (Å²) in [6.07, 6.45) is 2.31. The van der Waals surface area contributed by atoms with Crippen LogP contribution in [0.3, 0.4) is 0 Å². The molecule has 116 valence electrons. The molecule has 0 bridgehead atoms. The highest BCUT2D eigenvalue weighted by Crippen LogP contribution is 2.27. The number of amides is 2. The number of hydrogen-bond acceptors (Lipinski definition) is 3. The molecule has 0 aliphatic rings. The second kappa shape index (κ2) is 9.23. The van der Waals surface area contributed by atoms with Crippen LogP contribution < -0.4 is 15.4 Å². The first-order chi connectivity index (χ1) is 10.0. The molecule has 6 nitrogen and oxygen atoms in total. The summed E-state index contributed by atoms with van der Waals surface area (Å²) < 4.78 is 6.00. The SMILES string of the molecule is COc1ccc(Br)cc1NC(=O)NCCCCCC(=O)O. The second-order valence-corrected chi connectivity index (χ2v) is 5.35. The minimum atomic E-state index is -0.789. The number of carboxylic acids is 1. The van der Waals surface area contributed by atoms with Gasteiger partial charge in [-0.3, -0.25) is 4.79 Å². The maximum atomic E-state index is 11.7. The summed E-state index contributed by atoms with van der Waals surface area (Å²) in [5.74, 6) is -0.211. The van der Waals surface area contributed by atoms with Gasteiger partial charge in [0.2, 0.25) is 0 Å². The van der Waals surface area contributed by atoms with Crippen LogP contribution in [0.1, 0.15) is 25.7 Å². The van der Waals surface area contributed by atoms with Crippen LogP contribution in [0.5, 0.6) is 5.75 Å². The van der Waals surface area contributed by atoms with E-state index in [1.54, 1.807) is 12.1 Å². The molecule has 1 aromatic rings. The van der Waals surface area contributed by atoms with E-state index in [9.17, 15) is 9.59 Å². The van der Waals surface area contributed by atoms with Crippen molar-refractivity contribution >= 4 is 33.6 Å². The number of carboxylic acid groups (broad SMARTS) is 1. The fraction of sp³-hybridized carbons (Fsp3) is 0.429. The topological polar surface area (TPSA) is 87.7 Å². The van der Waals surface area contributed by atoms with Crippen LogP contribution in [-0.2, 0) is 4.79 Å². The van der Waals surface area contributed by atoms with Gasteiger partial charge in [0.25, 0.3) is 0 Å². The van der Waals surface area contributed by atoms with Crippen molar-refractivity contribution < 1.29 is 19.4 Å². The molecule has 7 heteroatoms. The van der Waals surface area contributed by atoms with Crippen molar-refractivity contribution in [3.63, 3.8) is 0 Å². The number of benzene rings is 1. The molecule has 0 heterocycles. The zero-order valence-corrected chi connectivity index (χ0v) is 13.4. The second-order valence-electron chi connectivity index (χ2n) is 4.43. The predicted molar refractivity (Wildman–Crippen MR) is 83.8 cm³/mol. The molecular formula is C14H19BrN2O4. The molecule has 0 aliphatic heterocycles. The van der Waals surface area contributed by atoms with E-state index in [1.807, 2.05) is 6.07 Å². The van der Waals surface area contributed by atoms with Gasteiger partial charge in [-0.25, -0.2) is 4.79 Å². The number of aliphatic carboxylic acids is 1. The number of urea groups is 1. The minimum absolute atomic E-state index is 0.168. The first kappa shape index (κ1) is 17.3. The van der Waals surface area contributed by atoms with Gasteiger partial charge >= 0.3 is 12.0 Å². The first-order valence-electron chi connectivity index (χ1n) is 6.63. The molecular weight excluding hydrogens is 340 g/mol. The molecule has 0 radical (unpaired) electrons. The molecule has 0 atom stereocenters. The smallest absolute Gasteiger partial charge is 0.319 e. The van der Waals surface area contributed by atoms with Gasteiger partial charge in [0.1, 0.15) is 5.75 Å². The van der Waals surface area contributed by atoms with Gasteiger partial charge in [0.05, 0.1) is 12.8 Å². The molecule has 0 saturated carbocycles. The van der Waals surface area contributed by atoms with Crippen molar-refractivity contribution in [2.24, 2.45) is 0 Å². The monoisotopic (exact) mass is 358 g/mol. The number of halogens is 1. The lowest BCUT2D eigenvalue weighted by Gasteiger charge is -2.11. The van der Waals surface area contributed by atoms with E-state index in [0.29, 0.717) is 24.4 Å². The van der Waals surface area contributed by atoms with Gasteiger partial charge in [0.15, 0.2) is 0 Å². The summed E-state index contributed by atoms with van der Waals surface area (Å²) in [4.78, 5) is 22.1. The predicted octanol–water partition coefficient (Wildman–Crippen LogP) is 3.22. The normalized spacial score (nSPS) is 10.0. The summed E-state index contributed by atoms with van der Waals surface area (Å²) in [6, 6.07) is 5.02. The van der Waals surface area contributed by atoms with Gasteiger partial charge < -0.3 is 20.5 Å². The van der Waals surface area contributed by atoms with Crippen molar-refractivity contribution in [1.82, 2.24) is 5.32 Å². The molecule has 0 aromatic heterocycles. The standard InChI is InChI=1S/C14H19BrN2O4/c1-21-12-7-6-10(15)9-11(12)17-14(20)16-8-4-2-3-5-13(18)19/h6-7,9H,2-5,8H2,1H3,(H,18,19)(H2,16,17,20). The van der Waals surface area contributed by atoms with Crippen molar-refractivity contribution in [2.45, 2.75) is 25.7 Å². The number of nitrogens with one attached hydrogen (secondary N) is 2. The lowest BCUT2D eigenvalue weighted by atomic mass is 10.2. The van der Waals surface area contributed by atoms with E-state index in [2.05, 4.69) is 26.6 Å². The Morgan fingerprint density at radius 3 is 2.71 bits per heavy atom. The van der Waals surface area contributed by atoms with Crippen molar-refractivity contribution in [3.8, 4) is 5.75 Å². The molecule has 0 saturated heterocycles. The molecule has 21 heavy (non-hydrogen) atoms. The number of methoxy groups -OCH3 is 1. The third-order valence-electron chi connectivity index (χ3n) is 2.76. The fourth-order valence-electron chi connectivity index (χ4n) is 1.72. The van der Waals surface area contributed by atoms with Gasteiger partial charge in [-0.15, -0.1) is 0 Å². The molecule has 0 aliphatic carbocycles. The van der Waals surface area contributed by atoms with Crippen LogP contribution in [0.2, 0.25) is 0 Å². The third kappa shape index (κ3) is 6.99. The quantitative estimate of drug-likeness (QED) is 0.622. The number of rotatable bonds is 8. The average Bonchev–Trinajstić information content (AvgIpc) is 2.42. The van der Waals surface area contributed by atoms with Crippen LogP contribution in [0.15, 0.2) is 22.7 Å². The number of carbonyl (C=O) groups is 2. The van der Waals surface area contributed by atoms with Crippen LogP contribution in [0.4, 0.5) is 10.5 Å². The molecule has 1 aromatic carbocycles. The van der Waals surface area contributed by atoms with Gasteiger partial charge in [-0.1, -0.05) is 22.4 Å². The lowest BCUT2D eigenvalue weighted by Crippen LogP contribution is -2.29. The van der Waals surface area contributed by atoms with E-state index < -0.39 is 5.97 Å². The van der Waals surface area contributed by atoms with Crippen LogP contribution >= 0.6 is 15.9 Å². The Labute approximate surface area is 132 Å². The Bertz CT molecular complexity index is 494. The zero-order chi connectivity index (χ0) is 15.7. The Hall–Kier alpha value is -1.76. The first-order valence-corrected chi connectivity index (χ1v) is 7.42. The van der Waals surface area contributed by atoms with Gasteiger partial charge in [-0.2, -0.15) is 0 Å². The minimum Gasteiger partial charge on any atom is -0.495 e. The Morgan fingerprint density at radius 1 is 1.29 bits per heavy atom. The zero-order valence-electron chi connectivity index (χ0n) is 11.8. The molecule has 0 fully saturated rings. The Balaban J connectivity index is 2.31. The van der Waals surface area contributed by atoms with Crippen molar-refractivity contribution in [1.29, 1.82) is 0 Å². The van der Waals surface area contributed by atoms with Crippen LogP contribution in [0.25, 0.3) is 0 Å². The number of unbranched alkanes of at least 4 members (excludes halogenated alkanes) is 2. The third-order valence-corrected chi connectivity index (χ3v) is 3.26.